The van der Waals surface area contributed by atoms with Gasteiger partial charge in [-0.15, -0.1) is 0 Å². The van der Waals surface area contributed by atoms with Crippen LogP contribution in [-0.4, -0.2) is 52.5 Å². The number of alkyl halides is 3. The first kappa shape index (κ1) is 29.3. The molecule has 1 aromatic carbocycles. The number of esters is 1. The molecule has 0 aliphatic heterocycles. The molecule has 6 nitrogen and oxygen atoms in total. The number of ether oxygens (including phenoxy) is 2. The molecule has 208 valence electrons. The maximum atomic E-state index is 13.6. The number of aliphatic hydroxyl groups is 1. The van der Waals surface area contributed by atoms with Crippen molar-refractivity contribution in [3.05, 3.63) is 35.4 Å². The Morgan fingerprint density at radius 3 is 2.11 bits per heavy atom. The maximum absolute atomic E-state index is 13.6. The number of benzene rings is 1. The minimum absolute atomic E-state index is 0.155. The quantitative estimate of drug-likeness (QED) is 0.421. The second-order valence-corrected chi connectivity index (χ2v) is 11.8. The van der Waals surface area contributed by atoms with E-state index in [1.54, 1.807) is 32.6 Å². The lowest BCUT2D eigenvalue weighted by Crippen LogP contribution is -2.69. The highest BCUT2D eigenvalue weighted by Crippen LogP contribution is 2.61. The predicted octanol–water partition coefficient (Wildman–Crippen LogP) is 6.31. The fourth-order valence-electron chi connectivity index (χ4n) is 5.96. The molecule has 0 saturated heterocycles. The Morgan fingerprint density at radius 1 is 1.08 bits per heavy atom. The van der Waals surface area contributed by atoms with Gasteiger partial charge >= 0.3 is 18.2 Å². The molecule has 1 N–H and O–H groups in total. The van der Waals surface area contributed by atoms with E-state index in [9.17, 15) is 27.9 Å². The lowest BCUT2D eigenvalue weighted by Gasteiger charge is -2.62. The highest BCUT2D eigenvalue weighted by atomic mass is 19.4. The van der Waals surface area contributed by atoms with Crippen molar-refractivity contribution in [3.63, 3.8) is 0 Å². The van der Waals surface area contributed by atoms with E-state index in [1.165, 1.54) is 12.1 Å². The molecule has 37 heavy (non-hydrogen) atoms. The van der Waals surface area contributed by atoms with Crippen molar-refractivity contribution in [2.45, 2.75) is 103 Å². The van der Waals surface area contributed by atoms with E-state index in [4.69, 9.17) is 9.47 Å². The molecule has 0 spiro atoms. The molecular weight excluding hydrogens is 487 g/mol. The summed E-state index contributed by atoms with van der Waals surface area (Å²) < 4.78 is 51.0. The molecule has 3 fully saturated rings. The van der Waals surface area contributed by atoms with Gasteiger partial charge in [-0.2, -0.15) is 13.2 Å². The van der Waals surface area contributed by atoms with Crippen LogP contribution in [0, 0.1) is 11.3 Å². The number of amides is 1. The van der Waals surface area contributed by atoms with E-state index in [1.807, 2.05) is 13.8 Å². The summed E-state index contributed by atoms with van der Waals surface area (Å²) in [5.41, 5.74) is -3.21. The molecule has 2 bridgehead atoms. The molecule has 3 saturated carbocycles. The number of hydrogen-bond acceptors (Lipinski definition) is 5. The van der Waals surface area contributed by atoms with Gasteiger partial charge in [0.1, 0.15) is 5.60 Å². The van der Waals surface area contributed by atoms with Crippen LogP contribution in [0.5, 0.6) is 0 Å². The van der Waals surface area contributed by atoms with Gasteiger partial charge in [-0.3, -0.25) is 4.79 Å². The van der Waals surface area contributed by atoms with Gasteiger partial charge in [0, 0.05) is 12.5 Å². The van der Waals surface area contributed by atoms with Crippen LogP contribution in [0.25, 0.3) is 0 Å². The molecule has 3 aliphatic carbocycles. The fraction of sp³-hybridized carbons (Fsp3) is 0.714. The van der Waals surface area contributed by atoms with Crippen molar-refractivity contribution < 1.29 is 37.3 Å². The van der Waals surface area contributed by atoms with Gasteiger partial charge in [0.2, 0.25) is 0 Å². The molecule has 2 atom stereocenters. The van der Waals surface area contributed by atoms with Gasteiger partial charge in [0.15, 0.2) is 0 Å². The normalized spacial score (nSPS) is 27.8. The number of fused-ring (bicyclic) bond motifs is 3. The first-order chi connectivity index (χ1) is 17.1. The van der Waals surface area contributed by atoms with Gasteiger partial charge < -0.3 is 19.5 Å². The lowest BCUT2D eigenvalue weighted by molar-refractivity contribution is -0.191. The average Bonchev–Trinajstić information content (AvgIpc) is 2.78. The maximum Gasteiger partial charge on any atom is 0.416 e. The Balaban J connectivity index is 2.14. The molecule has 3 aliphatic rings. The van der Waals surface area contributed by atoms with Gasteiger partial charge in [0.05, 0.1) is 29.2 Å². The van der Waals surface area contributed by atoms with E-state index in [-0.39, 0.29) is 12.5 Å². The summed E-state index contributed by atoms with van der Waals surface area (Å²) in [6.07, 6.45) is -4.18. The molecule has 0 heterocycles. The number of nitrogens with zero attached hydrogens (tertiary/aromatic N) is 1. The lowest BCUT2D eigenvalue weighted by atomic mass is 9.49. The standard InChI is InChI=1S/C28H40F3NO5/c1-7-36-23(34)26-13-15-27(16-14-26,32(17-12-18(2)3)24(35)37-25(4,5)6)21(22(26)33)19-8-10-20(11-9-19)28(29,30)31/h8-11,18,21-22,33H,7,12-17H2,1-6H3. The molecule has 1 aromatic rings. The summed E-state index contributed by atoms with van der Waals surface area (Å²) in [5, 5.41) is 11.8. The minimum atomic E-state index is -4.51. The van der Waals surface area contributed by atoms with Gasteiger partial charge in [-0.25, -0.2) is 4.79 Å². The summed E-state index contributed by atoms with van der Waals surface area (Å²) in [4.78, 5) is 28.4. The highest BCUT2D eigenvalue weighted by Gasteiger charge is 2.66. The smallest absolute Gasteiger partial charge is 0.416 e. The second-order valence-electron chi connectivity index (χ2n) is 11.8. The fourth-order valence-corrected chi connectivity index (χ4v) is 5.96. The first-order valence-corrected chi connectivity index (χ1v) is 13.1. The molecule has 0 aromatic heterocycles. The van der Waals surface area contributed by atoms with Gasteiger partial charge in [-0.05, 0) is 83.4 Å². The number of hydrogen-bond donors (Lipinski definition) is 1. The molecular formula is C28H40F3NO5. The Labute approximate surface area is 217 Å². The number of carbonyl (C=O) groups excluding carboxylic acids is 2. The zero-order chi connectivity index (χ0) is 27.8. The molecule has 2 unspecified atom stereocenters. The van der Waals surface area contributed by atoms with Crippen LogP contribution in [0.1, 0.15) is 90.7 Å². The zero-order valence-electron chi connectivity index (χ0n) is 22.7. The molecule has 9 heteroatoms. The van der Waals surface area contributed by atoms with Crippen LogP contribution < -0.4 is 0 Å². The first-order valence-electron chi connectivity index (χ1n) is 13.1. The Bertz CT molecular complexity index is 960. The topological polar surface area (TPSA) is 76.1 Å². The second kappa shape index (κ2) is 10.5. The number of rotatable bonds is 7. The van der Waals surface area contributed by atoms with Crippen molar-refractivity contribution in [3.8, 4) is 0 Å². The minimum Gasteiger partial charge on any atom is -0.465 e. The van der Waals surface area contributed by atoms with Crippen LogP contribution >= 0.6 is 0 Å². The average molecular weight is 528 g/mol. The van der Waals surface area contributed by atoms with Crippen molar-refractivity contribution in [1.82, 2.24) is 4.90 Å². The Kier molecular flexibility index (Phi) is 8.28. The number of halogens is 3. The summed E-state index contributed by atoms with van der Waals surface area (Å²) in [6.45, 7) is 11.6. The van der Waals surface area contributed by atoms with E-state index < -0.39 is 52.4 Å². The molecule has 1 amide bonds. The zero-order valence-corrected chi connectivity index (χ0v) is 22.7. The van der Waals surface area contributed by atoms with Gasteiger partial charge in [0.25, 0.3) is 0 Å². The number of carbonyl (C=O) groups is 2. The summed E-state index contributed by atoms with van der Waals surface area (Å²) in [7, 11) is 0. The van der Waals surface area contributed by atoms with Crippen LogP contribution in [-0.2, 0) is 20.4 Å². The summed E-state index contributed by atoms with van der Waals surface area (Å²) in [5.74, 6) is -1.01. The monoisotopic (exact) mass is 527 g/mol. The summed E-state index contributed by atoms with van der Waals surface area (Å²) >= 11 is 0. The third kappa shape index (κ3) is 5.76. The van der Waals surface area contributed by atoms with Crippen LogP contribution in [0.3, 0.4) is 0 Å². The highest BCUT2D eigenvalue weighted by molar-refractivity contribution is 5.79. The van der Waals surface area contributed by atoms with E-state index in [2.05, 4.69) is 0 Å². The van der Waals surface area contributed by atoms with Crippen molar-refractivity contribution in [2.24, 2.45) is 11.3 Å². The van der Waals surface area contributed by atoms with Gasteiger partial charge in [-0.1, -0.05) is 26.0 Å². The van der Waals surface area contributed by atoms with Crippen molar-refractivity contribution >= 4 is 12.1 Å². The third-order valence-corrected chi connectivity index (χ3v) is 7.83. The Morgan fingerprint density at radius 2 is 1.65 bits per heavy atom. The largest absolute Gasteiger partial charge is 0.465 e. The third-order valence-electron chi connectivity index (χ3n) is 7.83. The summed E-state index contributed by atoms with van der Waals surface area (Å²) in [6, 6.07) is 4.68. The predicted molar refractivity (Wildman–Crippen MR) is 133 cm³/mol. The van der Waals surface area contributed by atoms with Crippen molar-refractivity contribution in [1.29, 1.82) is 0 Å². The van der Waals surface area contributed by atoms with Crippen molar-refractivity contribution in [2.75, 3.05) is 13.2 Å². The van der Waals surface area contributed by atoms with E-state index in [0.29, 0.717) is 44.2 Å². The van der Waals surface area contributed by atoms with Crippen LogP contribution in [0.2, 0.25) is 0 Å². The molecule has 4 rings (SSSR count). The van der Waals surface area contributed by atoms with Crippen LogP contribution in [0.4, 0.5) is 18.0 Å². The Hall–Kier alpha value is -2.29. The SMILES string of the molecule is CCOC(=O)C12CCC(N(CCC(C)C)C(=O)OC(C)(C)C)(CC1)C(c1ccc(C(F)(F)F)cc1)C2O. The number of aliphatic hydroxyl groups excluding tert-OH is 1. The van der Waals surface area contributed by atoms with E-state index >= 15 is 0 Å². The molecule has 0 radical (unpaired) electrons. The van der Waals surface area contributed by atoms with E-state index in [0.717, 1.165) is 12.1 Å². The van der Waals surface area contributed by atoms with Crippen LogP contribution in [0.15, 0.2) is 24.3 Å².